The Morgan fingerprint density at radius 2 is 1.97 bits per heavy atom. The summed E-state index contributed by atoms with van der Waals surface area (Å²) in [5, 5.41) is 0. The van der Waals surface area contributed by atoms with Crippen LogP contribution in [0, 0.1) is 12.7 Å². The van der Waals surface area contributed by atoms with E-state index in [0.717, 1.165) is 11.8 Å². The SMILES string of the molecule is CCOc1nc(C(CS(C)(=O)=O)n2c(=O)[nH]c3cc(-c4ccc(F)cc4C)cnc32)ccc1OC. The van der Waals surface area contributed by atoms with Crippen LogP contribution in [0.15, 0.2) is 47.4 Å². The molecule has 1 N–H and O–H groups in total. The molecule has 0 saturated carbocycles. The van der Waals surface area contributed by atoms with Crippen molar-refractivity contribution in [2.45, 2.75) is 19.9 Å². The Bertz CT molecular complexity index is 1560. The topological polar surface area (TPSA) is 116 Å². The predicted octanol–water partition coefficient (Wildman–Crippen LogP) is 3.28. The molecule has 0 bridgehead atoms. The van der Waals surface area contributed by atoms with Gasteiger partial charge in [-0.2, -0.15) is 0 Å². The molecule has 9 nitrogen and oxygen atoms in total. The number of rotatable bonds is 8. The summed E-state index contributed by atoms with van der Waals surface area (Å²) in [5.74, 6) is -0.147. The zero-order valence-corrected chi connectivity index (χ0v) is 20.5. The van der Waals surface area contributed by atoms with E-state index in [1.165, 1.54) is 23.8 Å². The number of imidazole rings is 1. The molecule has 0 spiro atoms. The van der Waals surface area contributed by atoms with E-state index in [1.54, 1.807) is 44.3 Å². The van der Waals surface area contributed by atoms with Gasteiger partial charge in [0.2, 0.25) is 0 Å². The third-order valence-corrected chi connectivity index (χ3v) is 6.44. The molecule has 0 aliphatic rings. The first-order valence-electron chi connectivity index (χ1n) is 10.8. The van der Waals surface area contributed by atoms with Gasteiger partial charge in [0.25, 0.3) is 5.88 Å². The highest BCUT2D eigenvalue weighted by Crippen LogP contribution is 2.30. The van der Waals surface area contributed by atoms with Crippen molar-refractivity contribution < 1.29 is 22.3 Å². The standard InChI is InChI=1S/C24H25FN4O5S/c1-5-34-23-21(33-3)9-8-18(27-23)20(13-35(4,31)32)29-22-19(28-24(29)30)11-15(12-26-22)17-7-6-16(25)10-14(17)2/h6-12,20H,5,13H2,1-4H3,(H,28,30). The number of nitrogens with one attached hydrogen (secondary N) is 1. The van der Waals surface area contributed by atoms with Gasteiger partial charge in [-0.3, -0.25) is 4.57 Å². The van der Waals surface area contributed by atoms with Crippen molar-refractivity contribution in [1.82, 2.24) is 19.5 Å². The van der Waals surface area contributed by atoms with Crippen LogP contribution in [0.25, 0.3) is 22.3 Å². The summed E-state index contributed by atoms with van der Waals surface area (Å²) < 4.78 is 50.3. The molecule has 0 saturated heterocycles. The van der Waals surface area contributed by atoms with Crippen LogP contribution in [-0.4, -0.2) is 53.7 Å². The van der Waals surface area contributed by atoms with E-state index in [0.29, 0.717) is 34.7 Å². The minimum Gasteiger partial charge on any atom is -0.491 e. The molecule has 1 aromatic carbocycles. The average Bonchev–Trinajstić information content (AvgIpc) is 3.11. The molecule has 4 aromatic rings. The highest BCUT2D eigenvalue weighted by molar-refractivity contribution is 7.90. The third kappa shape index (κ3) is 5.04. The van der Waals surface area contributed by atoms with Crippen molar-refractivity contribution in [2.24, 2.45) is 0 Å². The molecule has 184 valence electrons. The molecule has 1 unspecified atom stereocenters. The monoisotopic (exact) mass is 500 g/mol. The van der Waals surface area contributed by atoms with Crippen LogP contribution < -0.4 is 15.2 Å². The van der Waals surface area contributed by atoms with Gasteiger partial charge in [0.15, 0.2) is 11.4 Å². The Kier molecular flexibility index (Phi) is 6.62. The number of aromatic amines is 1. The molecule has 0 radical (unpaired) electrons. The van der Waals surface area contributed by atoms with Crippen LogP contribution >= 0.6 is 0 Å². The van der Waals surface area contributed by atoms with E-state index < -0.39 is 21.6 Å². The van der Waals surface area contributed by atoms with Crippen molar-refractivity contribution in [3.05, 3.63) is 70.2 Å². The maximum atomic E-state index is 13.5. The van der Waals surface area contributed by atoms with Crippen molar-refractivity contribution >= 4 is 21.0 Å². The van der Waals surface area contributed by atoms with Gasteiger partial charge >= 0.3 is 5.69 Å². The second-order valence-electron chi connectivity index (χ2n) is 8.14. The lowest BCUT2D eigenvalue weighted by Crippen LogP contribution is -2.29. The Hall–Kier alpha value is -3.73. The van der Waals surface area contributed by atoms with Gasteiger partial charge in [0, 0.05) is 18.0 Å². The van der Waals surface area contributed by atoms with E-state index in [4.69, 9.17) is 9.47 Å². The average molecular weight is 501 g/mol. The van der Waals surface area contributed by atoms with Crippen LogP contribution in [0.4, 0.5) is 4.39 Å². The zero-order chi connectivity index (χ0) is 25.3. The molecule has 35 heavy (non-hydrogen) atoms. The Balaban J connectivity index is 1.88. The fourth-order valence-corrected chi connectivity index (χ4v) is 4.90. The summed E-state index contributed by atoms with van der Waals surface area (Å²) in [6.45, 7) is 3.89. The number of methoxy groups -OCH3 is 1. The first-order chi connectivity index (χ1) is 16.6. The Labute approximate surface area is 201 Å². The summed E-state index contributed by atoms with van der Waals surface area (Å²) in [7, 11) is -2.06. The number of ether oxygens (including phenoxy) is 2. The molecule has 0 fully saturated rings. The van der Waals surface area contributed by atoms with Gasteiger partial charge in [0.1, 0.15) is 15.7 Å². The number of fused-ring (bicyclic) bond motifs is 1. The molecule has 0 amide bonds. The first-order valence-corrected chi connectivity index (χ1v) is 12.9. The smallest absolute Gasteiger partial charge is 0.328 e. The van der Waals surface area contributed by atoms with Crippen LogP contribution in [-0.2, 0) is 9.84 Å². The zero-order valence-electron chi connectivity index (χ0n) is 19.7. The minimum absolute atomic E-state index is 0.195. The van der Waals surface area contributed by atoms with Crippen molar-refractivity contribution in [3.63, 3.8) is 0 Å². The summed E-state index contributed by atoms with van der Waals surface area (Å²) in [6.07, 6.45) is 2.66. The minimum atomic E-state index is -3.53. The van der Waals surface area contributed by atoms with E-state index in [2.05, 4.69) is 15.0 Å². The lowest BCUT2D eigenvalue weighted by molar-refractivity contribution is 0.296. The number of halogens is 1. The molecular formula is C24H25FN4O5S. The number of aryl methyl sites for hydroxylation is 1. The summed E-state index contributed by atoms with van der Waals surface area (Å²) >= 11 is 0. The third-order valence-electron chi connectivity index (χ3n) is 5.52. The van der Waals surface area contributed by atoms with Crippen molar-refractivity contribution in [2.75, 3.05) is 25.7 Å². The van der Waals surface area contributed by atoms with Gasteiger partial charge in [-0.05, 0) is 55.3 Å². The second kappa shape index (κ2) is 9.49. The van der Waals surface area contributed by atoms with Crippen molar-refractivity contribution in [3.8, 4) is 22.8 Å². The van der Waals surface area contributed by atoms with Crippen LogP contribution in [0.5, 0.6) is 11.6 Å². The number of aromatic nitrogens is 4. The number of hydrogen-bond donors (Lipinski definition) is 1. The number of sulfone groups is 1. The molecule has 0 aliphatic heterocycles. The molecule has 4 rings (SSSR count). The highest BCUT2D eigenvalue weighted by atomic mass is 32.2. The number of nitrogens with zero attached hydrogens (tertiary/aromatic N) is 3. The van der Waals surface area contributed by atoms with Gasteiger partial charge in [-0.1, -0.05) is 6.07 Å². The lowest BCUT2D eigenvalue weighted by Gasteiger charge is -2.19. The Morgan fingerprint density at radius 3 is 2.63 bits per heavy atom. The molecular weight excluding hydrogens is 475 g/mol. The molecule has 3 aromatic heterocycles. The van der Waals surface area contributed by atoms with Gasteiger partial charge in [-0.15, -0.1) is 0 Å². The van der Waals surface area contributed by atoms with Gasteiger partial charge in [0.05, 0.1) is 36.7 Å². The fourth-order valence-electron chi connectivity index (χ4n) is 4.00. The normalized spacial score (nSPS) is 12.6. The number of hydrogen-bond acceptors (Lipinski definition) is 7. The predicted molar refractivity (Wildman–Crippen MR) is 130 cm³/mol. The van der Waals surface area contributed by atoms with E-state index >= 15 is 0 Å². The number of pyridine rings is 2. The van der Waals surface area contributed by atoms with Crippen LogP contribution in [0.3, 0.4) is 0 Å². The summed E-state index contributed by atoms with van der Waals surface area (Å²) in [5.41, 5.74) is 2.61. The fraction of sp³-hybridized carbons (Fsp3) is 0.292. The second-order valence-corrected chi connectivity index (χ2v) is 10.3. The molecule has 0 aliphatic carbocycles. The largest absolute Gasteiger partial charge is 0.491 e. The molecule has 1 atom stereocenters. The number of benzene rings is 1. The van der Waals surface area contributed by atoms with Crippen molar-refractivity contribution in [1.29, 1.82) is 0 Å². The molecule has 11 heteroatoms. The Morgan fingerprint density at radius 1 is 1.20 bits per heavy atom. The molecule has 3 heterocycles. The van der Waals surface area contributed by atoms with E-state index in [9.17, 15) is 17.6 Å². The van der Waals surface area contributed by atoms with Crippen LogP contribution in [0.2, 0.25) is 0 Å². The van der Waals surface area contributed by atoms with Gasteiger partial charge in [-0.25, -0.2) is 27.6 Å². The number of H-pyrrole nitrogens is 1. The lowest BCUT2D eigenvalue weighted by atomic mass is 10.0. The highest BCUT2D eigenvalue weighted by Gasteiger charge is 2.27. The van der Waals surface area contributed by atoms with Gasteiger partial charge < -0.3 is 14.5 Å². The maximum absolute atomic E-state index is 13.5. The quantitative estimate of drug-likeness (QED) is 0.395. The maximum Gasteiger partial charge on any atom is 0.328 e. The summed E-state index contributed by atoms with van der Waals surface area (Å²) in [4.78, 5) is 24.8. The summed E-state index contributed by atoms with van der Waals surface area (Å²) in [6, 6.07) is 8.39. The van der Waals surface area contributed by atoms with Crippen LogP contribution in [0.1, 0.15) is 24.2 Å². The van der Waals surface area contributed by atoms with E-state index in [-0.39, 0.29) is 23.1 Å². The van der Waals surface area contributed by atoms with E-state index in [1.807, 2.05) is 0 Å². The first kappa shape index (κ1) is 24.4.